The van der Waals surface area contributed by atoms with Crippen LogP contribution < -0.4 is 5.30 Å². The fourth-order valence-electron chi connectivity index (χ4n) is 1.57. The SMILES string of the molecule is CP(C)(C)(C)c1cccc2n[nH]nc12. The van der Waals surface area contributed by atoms with E-state index in [1.807, 2.05) is 6.07 Å². The predicted octanol–water partition coefficient (Wildman–Crippen LogP) is 1.66. The molecule has 0 radical (unpaired) electrons. The molecule has 1 aromatic carbocycles. The summed E-state index contributed by atoms with van der Waals surface area (Å²) < 4.78 is 0. The Morgan fingerprint density at radius 3 is 2.43 bits per heavy atom. The molecule has 1 aromatic heterocycles. The fraction of sp³-hybridized carbons (Fsp3) is 0.400. The van der Waals surface area contributed by atoms with Gasteiger partial charge in [-0.25, -0.2) is 0 Å². The van der Waals surface area contributed by atoms with E-state index in [1.165, 1.54) is 5.30 Å². The van der Waals surface area contributed by atoms with Crippen LogP contribution in [-0.2, 0) is 0 Å². The molecule has 0 unspecified atom stereocenters. The van der Waals surface area contributed by atoms with E-state index in [4.69, 9.17) is 0 Å². The third kappa shape index (κ3) is 1.53. The first-order chi connectivity index (χ1) is 6.35. The summed E-state index contributed by atoms with van der Waals surface area (Å²) in [6.45, 7) is 7.56. The summed E-state index contributed by atoms with van der Waals surface area (Å²) in [4.78, 5) is 0. The summed E-state index contributed by atoms with van der Waals surface area (Å²) in [6.07, 6.45) is 0. The molecule has 0 bridgehead atoms. The van der Waals surface area contributed by atoms with Crippen LogP contribution in [0.1, 0.15) is 0 Å². The Kier molecular flexibility index (Phi) is 1.74. The van der Waals surface area contributed by atoms with Crippen molar-refractivity contribution in [3.05, 3.63) is 18.2 Å². The van der Waals surface area contributed by atoms with E-state index in [0.29, 0.717) is 0 Å². The number of nitrogens with zero attached hydrogens (tertiary/aromatic N) is 2. The second kappa shape index (κ2) is 2.54. The number of fused-ring (bicyclic) bond motifs is 1. The summed E-state index contributed by atoms with van der Waals surface area (Å²) in [6, 6.07) is 6.22. The van der Waals surface area contributed by atoms with Crippen LogP contribution in [0.3, 0.4) is 0 Å². The number of aromatic amines is 1. The first kappa shape index (κ1) is 9.60. The molecule has 0 saturated carbocycles. The molecule has 76 valence electrons. The Morgan fingerprint density at radius 2 is 1.79 bits per heavy atom. The maximum atomic E-state index is 4.23. The van der Waals surface area contributed by atoms with Crippen LogP contribution in [0.2, 0.25) is 0 Å². The number of hydrogen-bond donors (Lipinski definition) is 1. The van der Waals surface area contributed by atoms with E-state index in [9.17, 15) is 0 Å². The Morgan fingerprint density at radius 1 is 1.07 bits per heavy atom. The first-order valence-electron chi connectivity index (χ1n) is 4.65. The van der Waals surface area contributed by atoms with Crippen LogP contribution in [0.25, 0.3) is 11.0 Å². The van der Waals surface area contributed by atoms with E-state index < -0.39 is 6.60 Å². The monoisotopic (exact) mass is 209 g/mol. The summed E-state index contributed by atoms with van der Waals surface area (Å²) in [5.41, 5.74) is 1.99. The molecule has 0 aliphatic heterocycles. The minimum atomic E-state index is -1.75. The molecule has 2 aromatic rings. The van der Waals surface area contributed by atoms with Crippen LogP contribution in [0, 0.1) is 0 Å². The normalized spacial score (nSPS) is 15.3. The Hall–Kier alpha value is -0.950. The number of rotatable bonds is 1. The van der Waals surface area contributed by atoms with Gasteiger partial charge in [0.1, 0.15) is 0 Å². The molecule has 3 nitrogen and oxygen atoms in total. The van der Waals surface area contributed by atoms with Gasteiger partial charge in [-0.15, -0.1) is 0 Å². The molecule has 1 N–H and O–H groups in total. The summed E-state index contributed by atoms with van der Waals surface area (Å²) in [5.74, 6) is 0. The van der Waals surface area contributed by atoms with Gasteiger partial charge in [0.2, 0.25) is 0 Å². The van der Waals surface area contributed by atoms with Crippen molar-refractivity contribution in [1.29, 1.82) is 0 Å². The summed E-state index contributed by atoms with van der Waals surface area (Å²) in [7, 11) is 0. The van der Waals surface area contributed by atoms with Crippen molar-refractivity contribution in [1.82, 2.24) is 15.4 Å². The zero-order valence-electron chi connectivity index (χ0n) is 9.07. The van der Waals surface area contributed by atoms with Crippen molar-refractivity contribution >= 4 is 22.9 Å². The Balaban J connectivity index is 2.81. The number of para-hydroxylation sites is 1. The van der Waals surface area contributed by atoms with Crippen LogP contribution in [0.15, 0.2) is 18.2 Å². The molecule has 0 aliphatic rings. The van der Waals surface area contributed by atoms with E-state index in [-0.39, 0.29) is 0 Å². The molecule has 0 spiro atoms. The molecule has 0 saturated heterocycles. The number of benzene rings is 1. The van der Waals surface area contributed by atoms with Crippen molar-refractivity contribution in [3.8, 4) is 0 Å². The molecule has 0 aliphatic carbocycles. The van der Waals surface area contributed by atoms with E-state index in [0.717, 1.165) is 11.0 Å². The summed E-state index contributed by atoms with van der Waals surface area (Å²) in [5, 5.41) is 12.4. The molecule has 2 rings (SSSR count). The molecule has 14 heavy (non-hydrogen) atoms. The molecule has 4 heteroatoms. The summed E-state index contributed by atoms with van der Waals surface area (Å²) >= 11 is 0. The van der Waals surface area contributed by atoms with Gasteiger partial charge in [-0.2, -0.15) is 0 Å². The average molecular weight is 209 g/mol. The Bertz CT molecular complexity index is 469. The van der Waals surface area contributed by atoms with Gasteiger partial charge in [-0.05, 0) is 0 Å². The average Bonchev–Trinajstić information content (AvgIpc) is 2.46. The van der Waals surface area contributed by atoms with Crippen molar-refractivity contribution in [2.45, 2.75) is 0 Å². The number of hydrogen-bond acceptors (Lipinski definition) is 2. The van der Waals surface area contributed by atoms with Gasteiger partial charge in [0.05, 0.1) is 0 Å². The fourth-order valence-corrected chi connectivity index (χ4v) is 3.27. The second-order valence-electron chi connectivity index (χ2n) is 5.55. The third-order valence-corrected chi connectivity index (χ3v) is 4.58. The second-order valence-corrected chi connectivity index (χ2v) is 13.2. The number of nitrogens with one attached hydrogen (secondary N) is 1. The van der Waals surface area contributed by atoms with Crippen LogP contribution in [0.4, 0.5) is 0 Å². The quantitative estimate of drug-likeness (QED) is 0.726. The molecular formula is C10H16N3P. The predicted molar refractivity (Wildman–Crippen MR) is 64.1 cm³/mol. The number of H-pyrrole nitrogens is 1. The van der Waals surface area contributed by atoms with Gasteiger partial charge in [-0.1, -0.05) is 0 Å². The van der Waals surface area contributed by atoms with Crippen molar-refractivity contribution < 1.29 is 0 Å². The molecule has 0 amide bonds. The molecule has 0 atom stereocenters. The van der Waals surface area contributed by atoms with Crippen molar-refractivity contribution in [2.24, 2.45) is 0 Å². The van der Waals surface area contributed by atoms with E-state index >= 15 is 0 Å². The molecular weight excluding hydrogens is 193 g/mol. The Labute approximate surface area is 83.8 Å². The molecule has 1 heterocycles. The van der Waals surface area contributed by atoms with Gasteiger partial charge in [-0.3, -0.25) is 0 Å². The van der Waals surface area contributed by atoms with Crippen molar-refractivity contribution in [2.75, 3.05) is 26.7 Å². The van der Waals surface area contributed by atoms with Crippen LogP contribution >= 0.6 is 6.60 Å². The van der Waals surface area contributed by atoms with E-state index in [1.54, 1.807) is 0 Å². The van der Waals surface area contributed by atoms with Gasteiger partial charge in [0.25, 0.3) is 0 Å². The van der Waals surface area contributed by atoms with Gasteiger partial charge >= 0.3 is 83.2 Å². The van der Waals surface area contributed by atoms with Gasteiger partial charge in [0, 0.05) is 0 Å². The molecule has 0 fully saturated rings. The van der Waals surface area contributed by atoms with Gasteiger partial charge in [0.15, 0.2) is 0 Å². The number of aromatic nitrogens is 3. The topological polar surface area (TPSA) is 41.6 Å². The maximum absolute atomic E-state index is 4.23. The van der Waals surface area contributed by atoms with Crippen LogP contribution in [0.5, 0.6) is 0 Å². The zero-order chi connectivity index (χ0) is 10.4. The van der Waals surface area contributed by atoms with Crippen molar-refractivity contribution in [3.63, 3.8) is 0 Å². The zero-order valence-corrected chi connectivity index (χ0v) is 9.97. The van der Waals surface area contributed by atoms with Gasteiger partial charge < -0.3 is 0 Å². The standard InChI is InChI=1S/C10H16N3P/c1-14(2,3,4)9-7-5-6-8-10(9)12-13-11-8/h5-7H,1-4H3,(H,11,12,13). The third-order valence-electron chi connectivity index (χ3n) is 2.29. The van der Waals surface area contributed by atoms with E-state index in [2.05, 4.69) is 54.2 Å². The first-order valence-corrected chi connectivity index (χ1v) is 8.68. The van der Waals surface area contributed by atoms with Crippen LogP contribution in [-0.4, -0.2) is 42.1 Å². The minimum absolute atomic E-state index is 0.962.